The first-order valence-electron chi connectivity index (χ1n) is 4.70. The lowest BCUT2D eigenvalue weighted by Crippen LogP contribution is -1.85. The van der Waals surface area contributed by atoms with Gasteiger partial charge in [0.1, 0.15) is 5.75 Å². The molecule has 0 aliphatic carbocycles. The van der Waals surface area contributed by atoms with E-state index in [2.05, 4.69) is 5.10 Å². The van der Waals surface area contributed by atoms with Crippen molar-refractivity contribution in [2.24, 2.45) is 0 Å². The SMILES string of the molecule is COc1ccc(/C=C\n2cccn2)cc1. The molecule has 15 heavy (non-hydrogen) atoms. The van der Waals surface area contributed by atoms with Crippen LogP contribution >= 0.6 is 0 Å². The molecular formula is C12H12N2O. The Hall–Kier alpha value is -2.03. The molecule has 0 spiro atoms. The van der Waals surface area contributed by atoms with Gasteiger partial charge in [-0.25, -0.2) is 4.68 Å². The minimum atomic E-state index is 0.867. The molecule has 0 unspecified atom stereocenters. The molecule has 0 N–H and O–H groups in total. The van der Waals surface area contributed by atoms with Gasteiger partial charge in [0.15, 0.2) is 0 Å². The fraction of sp³-hybridized carbons (Fsp3) is 0.0833. The highest BCUT2D eigenvalue weighted by Crippen LogP contribution is 2.12. The number of hydrogen-bond donors (Lipinski definition) is 0. The van der Waals surface area contributed by atoms with Gasteiger partial charge in [0.2, 0.25) is 0 Å². The molecule has 0 fully saturated rings. The average molecular weight is 200 g/mol. The number of ether oxygens (including phenoxy) is 1. The number of benzene rings is 1. The number of hydrogen-bond acceptors (Lipinski definition) is 2. The molecule has 0 aliphatic heterocycles. The van der Waals surface area contributed by atoms with Gasteiger partial charge < -0.3 is 4.74 Å². The molecule has 76 valence electrons. The summed E-state index contributed by atoms with van der Waals surface area (Å²) in [5, 5.41) is 4.07. The maximum Gasteiger partial charge on any atom is 0.118 e. The third-order valence-corrected chi connectivity index (χ3v) is 2.06. The van der Waals surface area contributed by atoms with Crippen molar-refractivity contribution >= 4 is 12.3 Å². The second kappa shape index (κ2) is 4.46. The number of aromatic nitrogens is 2. The summed E-state index contributed by atoms with van der Waals surface area (Å²) in [6, 6.07) is 9.75. The topological polar surface area (TPSA) is 27.1 Å². The lowest BCUT2D eigenvalue weighted by atomic mass is 10.2. The summed E-state index contributed by atoms with van der Waals surface area (Å²) in [7, 11) is 1.66. The number of rotatable bonds is 3. The van der Waals surface area contributed by atoms with Crippen LogP contribution in [0.1, 0.15) is 5.56 Å². The Balaban J connectivity index is 2.11. The minimum absolute atomic E-state index is 0.867. The smallest absolute Gasteiger partial charge is 0.118 e. The highest BCUT2D eigenvalue weighted by Gasteiger charge is 1.89. The number of methoxy groups -OCH3 is 1. The van der Waals surface area contributed by atoms with E-state index in [1.807, 2.05) is 48.8 Å². The zero-order valence-corrected chi connectivity index (χ0v) is 8.50. The van der Waals surface area contributed by atoms with Crippen LogP contribution in [0.25, 0.3) is 12.3 Å². The van der Waals surface area contributed by atoms with Gasteiger partial charge in [0.25, 0.3) is 0 Å². The Morgan fingerprint density at radius 3 is 2.67 bits per heavy atom. The predicted molar refractivity (Wildman–Crippen MR) is 60.4 cm³/mol. The fourth-order valence-electron chi connectivity index (χ4n) is 1.25. The molecule has 0 bridgehead atoms. The molecule has 0 saturated heterocycles. The molecule has 1 heterocycles. The van der Waals surface area contributed by atoms with Gasteiger partial charge in [-0.3, -0.25) is 0 Å². The zero-order valence-electron chi connectivity index (χ0n) is 8.50. The highest BCUT2D eigenvalue weighted by atomic mass is 16.5. The molecule has 0 saturated carbocycles. The van der Waals surface area contributed by atoms with Gasteiger partial charge >= 0.3 is 0 Å². The van der Waals surface area contributed by atoms with E-state index in [9.17, 15) is 0 Å². The standard InChI is InChI=1S/C12H12N2O/c1-15-12-5-3-11(4-6-12)7-10-14-9-2-8-13-14/h2-10H,1H3/b10-7-. The lowest BCUT2D eigenvalue weighted by molar-refractivity contribution is 0.415. The number of nitrogens with zero attached hydrogens (tertiary/aromatic N) is 2. The van der Waals surface area contributed by atoms with Crippen LogP contribution in [0.4, 0.5) is 0 Å². The second-order valence-corrected chi connectivity index (χ2v) is 3.07. The Bertz CT molecular complexity index is 429. The van der Waals surface area contributed by atoms with E-state index in [1.54, 1.807) is 18.0 Å². The van der Waals surface area contributed by atoms with Crippen molar-refractivity contribution in [3.05, 3.63) is 48.3 Å². The van der Waals surface area contributed by atoms with Gasteiger partial charge in [-0.15, -0.1) is 0 Å². The largest absolute Gasteiger partial charge is 0.497 e. The Morgan fingerprint density at radius 1 is 1.27 bits per heavy atom. The molecule has 3 heteroatoms. The Labute approximate surface area is 88.6 Å². The maximum absolute atomic E-state index is 5.08. The molecule has 1 aromatic heterocycles. The van der Waals surface area contributed by atoms with Gasteiger partial charge in [-0.05, 0) is 29.8 Å². The van der Waals surface area contributed by atoms with Gasteiger partial charge in [-0.2, -0.15) is 5.10 Å². The summed E-state index contributed by atoms with van der Waals surface area (Å²) < 4.78 is 6.83. The summed E-state index contributed by atoms with van der Waals surface area (Å²) in [6.45, 7) is 0. The van der Waals surface area contributed by atoms with E-state index < -0.39 is 0 Å². The molecule has 0 amide bonds. The van der Waals surface area contributed by atoms with E-state index in [4.69, 9.17) is 4.74 Å². The van der Waals surface area contributed by atoms with Crippen LogP contribution in [0.2, 0.25) is 0 Å². The first-order valence-corrected chi connectivity index (χ1v) is 4.70. The highest BCUT2D eigenvalue weighted by molar-refractivity contribution is 5.60. The van der Waals surface area contributed by atoms with Crippen molar-refractivity contribution < 1.29 is 4.74 Å². The zero-order chi connectivity index (χ0) is 10.5. The molecule has 1 aromatic carbocycles. The van der Waals surface area contributed by atoms with Crippen molar-refractivity contribution in [2.75, 3.05) is 7.11 Å². The van der Waals surface area contributed by atoms with Crippen LogP contribution in [-0.4, -0.2) is 16.9 Å². The van der Waals surface area contributed by atoms with Crippen LogP contribution in [0.15, 0.2) is 42.7 Å². The van der Waals surface area contributed by atoms with Crippen molar-refractivity contribution in [3.63, 3.8) is 0 Å². The third kappa shape index (κ3) is 2.47. The van der Waals surface area contributed by atoms with Crippen LogP contribution < -0.4 is 4.74 Å². The maximum atomic E-state index is 5.08. The average Bonchev–Trinajstić information content (AvgIpc) is 2.80. The van der Waals surface area contributed by atoms with E-state index >= 15 is 0 Å². The molecule has 0 radical (unpaired) electrons. The summed E-state index contributed by atoms with van der Waals surface area (Å²) >= 11 is 0. The van der Waals surface area contributed by atoms with Crippen molar-refractivity contribution in [1.29, 1.82) is 0 Å². The van der Waals surface area contributed by atoms with Crippen molar-refractivity contribution in [1.82, 2.24) is 9.78 Å². The van der Waals surface area contributed by atoms with Crippen LogP contribution in [0.5, 0.6) is 5.75 Å². The predicted octanol–water partition coefficient (Wildman–Crippen LogP) is 2.52. The first-order chi connectivity index (χ1) is 7.38. The normalized spacial score (nSPS) is 10.7. The van der Waals surface area contributed by atoms with E-state index in [1.165, 1.54) is 0 Å². The summed E-state index contributed by atoms with van der Waals surface area (Å²) in [6.07, 6.45) is 7.53. The Morgan fingerprint density at radius 2 is 2.07 bits per heavy atom. The summed E-state index contributed by atoms with van der Waals surface area (Å²) in [5.41, 5.74) is 1.12. The monoisotopic (exact) mass is 200 g/mol. The molecule has 2 rings (SSSR count). The Kier molecular flexibility index (Phi) is 2.83. The van der Waals surface area contributed by atoms with Crippen molar-refractivity contribution in [2.45, 2.75) is 0 Å². The first kappa shape index (κ1) is 9.52. The van der Waals surface area contributed by atoms with Crippen molar-refractivity contribution in [3.8, 4) is 5.75 Å². The van der Waals surface area contributed by atoms with Crippen LogP contribution in [0, 0.1) is 0 Å². The molecule has 0 atom stereocenters. The summed E-state index contributed by atoms with van der Waals surface area (Å²) in [4.78, 5) is 0. The lowest BCUT2D eigenvalue weighted by Gasteiger charge is -1.98. The molecule has 0 aliphatic rings. The minimum Gasteiger partial charge on any atom is -0.497 e. The fourth-order valence-corrected chi connectivity index (χ4v) is 1.25. The van der Waals surface area contributed by atoms with Gasteiger partial charge in [0.05, 0.1) is 7.11 Å². The second-order valence-electron chi connectivity index (χ2n) is 3.07. The van der Waals surface area contributed by atoms with Crippen LogP contribution in [-0.2, 0) is 0 Å². The van der Waals surface area contributed by atoms with Gasteiger partial charge in [-0.1, -0.05) is 12.1 Å². The van der Waals surface area contributed by atoms with E-state index in [0.29, 0.717) is 0 Å². The van der Waals surface area contributed by atoms with Crippen LogP contribution in [0.3, 0.4) is 0 Å². The summed E-state index contributed by atoms with van der Waals surface area (Å²) in [5.74, 6) is 0.867. The molecule has 3 nitrogen and oxygen atoms in total. The van der Waals surface area contributed by atoms with Gasteiger partial charge in [0, 0.05) is 18.6 Å². The van der Waals surface area contributed by atoms with E-state index in [-0.39, 0.29) is 0 Å². The van der Waals surface area contributed by atoms with E-state index in [0.717, 1.165) is 11.3 Å². The molecular weight excluding hydrogens is 188 g/mol. The quantitative estimate of drug-likeness (QED) is 0.761. The third-order valence-electron chi connectivity index (χ3n) is 2.06. The molecule has 2 aromatic rings.